The monoisotopic (exact) mass is 363 g/mol. The normalized spacial score (nSPS) is 14.9. The Bertz CT molecular complexity index is 712. The van der Waals surface area contributed by atoms with E-state index in [9.17, 15) is 15.0 Å². The van der Waals surface area contributed by atoms with Gasteiger partial charge < -0.3 is 26.4 Å². The average molecular weight is 363 g/mol. The molecular weight excluding hydrogens is 337 g/mol. The van der Waals surface area contributed by atoms with Crippen molar-refractivity contribution in [2.24, 2.45) is 5.73 Å². The lowest BCUT2D eigenvalue weighted by atomic mass is 10.1. The van der Waals surface area contributed by atoms with Gasteiger partial charge >= 0.3 is 5.97 Å². The van der Waals surface area contributed by atoms with Gasteiger partial charge in [-0.15, -0.1) is 0 Å². The summed E-state index contributed by atoms with van der Waals surface area (Å²) < 4.78 is 0. The first-order valence-electron chi connectivity index (χ1n) is 8.73. The van der Waals surface area contributed by atoms with Crippen molar-refractivity contribution < 1.29 is 20.1 Å². The molecule has 142 valence electrons. The van der Waals surface area contributed by atoms with Gasteiger partial charge in [0.2, 0.25) is 0 Å². The number of carboxylic acid groups (broad SMARTS) is 1. The molecule has 0 spiro atoms. The molecule has 0 fully saturated rings. The first-order valence-corrected chi connectivity index (χ1v) is 8.73. The topological polar surface area (TPSA) is 142 Å². The molecule has 0 amide bonds. The van der Waals surface area contributed by atoms with E-state index < -0.39 is 24.2 Å². The molecule has 8 nitrogen and oxygen atoms in total. The van der Waals surface area contributed by atoms with Gasteiger partial charge in [-0.1, -0.05) is 18.6 Å². The molecule has 8 heteroatoms. The van der Waals surface area contributed by atoms with Gasteiger partial charge in [0, 0.05) is 19.2 Å². The summed E-state index contributed by atoms with van der Waals surface area (Å²) in [6, 6.07) is 6.65. The van der Waals surface area contributed by atoms with E-state index in [1.165, 1.54) is 0 Å². The fraction of sp³-hybridized carbons (Fsp3) is 0.500. The van der Waals surface area contributed by atoms with Gasteiger partial charge in [-0.05, 0) is 31.5 Å². The molecule has 0 aliphatic heterocycles. The van der Waals surface area contributed by atoms with Crippen LogP contribution < -0.4 is 11.1 Å². The maximum absolute atomic E-state index is 10.6. The number of unbranched alkanes of at least 4 members (excludes halogenated alkanes) is 1. The van der Waals surface area contributed by atoms with E-state index in [4.69, 9.17) is 10.8 Å². The zero-order valence-electron chi connectivity index (χ0n) is 14.6. The number of benzene rings is 1. The first kappa shape index (κ1) is 20.2. The van der Waals surface area contributed by atoms with E-state index in [2.05, 4.69) is 15.3 Å². The number of aliphatic carboxylic acids is 1. The van der Waals surface area contributed by atoms with E-state index >= 15 is 0 Å². The van der Waals surface area contributed by atoms with E-state index in [-0.39, 0.29) is 13.0 Å². The van der Waals surface area contributed by atoms with Crippen molar-refractivity contribution in [3.8, 4) is 0 Å². The van der Waals surface area contributed by atoms with Crippen molar-refractivity contribution in [1.29, 1.82) is 0 Å². The lowest BCUT2D eigenvalue weighted by Gasteiger charge is -2.18. The van der Waals surface area contributed by atoms with E-state index in [0.29, 0.717) is 25.1 Å². The highest BCUT2D eigenvalue weighted by Crippen LogP contribution is 2.10. The summed E-state index contributed by atoms with van der Waals surface area (Å²) in [7, 11) is 0. The van der Waals surface area contributed by atoms with Crippen molar-refractivity contribution in [2.75, 3.05) is 13.1 Å². The van der Waals surface area contributed by atoms with E-state index in [1.807, 2.05) is 24.3 Å². The number of nitrogens with zero attached hydrogens (tertiary/aromatic N) is 2. The fourth-order valence-electron chi connectivity index (χ4n) is 2.57. The number of fused-ring (bicyclic) bond motifs is 1. The number of nitrogens with one attached hydrogen (secondary N) is 1. The smallest absolute Gasteiger partial charge is 0.320 e. The number of para-hydroxylation sites is 2. The summed E-state index contributed by atoms with van der Waals surface area (Å²) in [5.74, 6) is -0.992. The molecule has 3 atom stereocenters. The Morgan fingerprint density at radius 2 is 1.88 bits per heavy atom. The van der Waals surface area contributed by atoms with Gasteiger partial charge in [0.25, 0.3) is 0 Å². The molecule has 0 saturated heterocycles. The van der Waals surface area contributed by atoms with E-state index in [0.717, 1.165) is 17.5 Å². The van der Waals surface area contributed by atoms with Gasteiger partial charge in [0.15, 0.2) is 0 Å². The summed E-state index contributed by atoms with van der Waals surface area (Å²) >= 11 is 0. The minimum Gasteiger partial charge on any atom is -0.480 e. The zero-order chi connectivity index (χ0) is 18.9. The van der Waals surface area contributed by atoms with Gasteiger partial charge in [-0.3, -0.25) is 9.78 Å². The predicted molar refractivity (Wildman–Crippen MR) is 97.6 cm³/mol. The van der Waals surface area contributed by atoms with Gasteiger partial charge in [0.1, 0.15) is 6.04 Å². The van der Waals surface area contributed by atoms with Crippen LogP contribution in [0, 0.1) is 0 Å². The zero-order valence-corrected chi connectivity index (χ0v) is 14.6. The van der Waals surface area contributed by atoms with Crippen LogP contribution in [0.3, 0.4) is 0 Å². The van der Waals surface area contributed by atoms with Crippen LogP contribution in [-0.2, 0) is 11.2 Å². The molecule has 0 aliphatic rings. The number of carbonyl (C=O) groups is 1. The van der Waals surface area contributed by atoms with Crippen molar-refractivity contribution in [3.05, 3.63) is 36.2 Å². The molecule has 0 radical (unpaired) electrons. The van der Waals surface area contributed by atoms with Crippen LogP contribution in [0.4, 0.5) is 0 Å². The van der Waals surface area contributed by atoms with Crippen molar-refractivity contribution >= 4 is 17.0 Å². The number of aromatic nitrogens is 2. The van der Waals surface area contributed by atoms with Crippen LogP contribution in [-0.4, -0.2) is 62.6 Å². The lowest BCUT2D eigenvalue weighted by molar-refractivity contribution is -0.138. The Labute approximate surface area is 152 Å². The van der Waals surface area contributed by atoms with Crippen LogP contribution in [0.2, 0.25) is 0 Å². The van der Waals surface area contributed by atoms with Crippen molar-refractivity contribution in [1.82, 2.24) is 15.3 Å². The Kier molecular flexibility index (Phi) is 7.86. The largest absolute Gasteiger partial charge is 0.480 e. The number of aliphatic hydroxyl groups is 2. The fourth-order valence-corrected chi connectivity index (χ4v) is 2.57. The number of aliphatic hydroxyl groups excluding tert-OH is 2. The summed E-state index contributed by atoms with van der Waals surface area (Å²) in [6.45, 7) is 0.860. The molecule has 0 unspecified atom stereocenters. The molecule has 1 aromatic carbocycles. The number of nitrogens with two attached hydrogens (primary N) is 1. The minimum atomic E-state index is -0.992. The molecular formula is C18H26N4O4. The van der Waals surface area contributed by atoms with Crippen LogP contribution in [0.15, 0.2) is 30.5 Å². The number of rotatable bonds is 11. The Hall–Kier alpha value is -2.13. The predicted octanol–water partition coefficient (Wildman–Crippen LogP) is 0.0659. The standard InChI is InChI=1S/C18H26N4O4/c19-13(18(25)26)5-3-4-8-20-11-17(24)16(23)9-12-10-21-14-6-1-2-7-15(14)22-12/h1-2,6-7,10,13,16-17,20,23-24H,3-5,8-9,11,19H2,(H,25,26)/t13-,16-,17+/m0/s1/i11+1. The Morgan fingerprint density at radius 1 is 1.15 bits per heavy atom. The highest BCUT2D eigenvalue weighted by Gasteiger charge is 2.17. The number of hydrogen-bond acceptors (Lipinski definition) is 7. The first-order chi connectivity index (χ1) is 12.5. The summed E-state index contributed by atoms with van der Waals surface area (Å²) in [5, 5.41) is 31.9. The quantitative estimate of drug-likeness (QED) is 0.279. The second-order valence-corrected chi connectivity index (χ2v) is 6.33. The Balaban J connectivity index is 1.68. The van der Waals surface area contributed by atoms with Crippen molar-refractivity contribution in [2.45, 2.75) is 43.9 Å². The summed E-state index contributed by atoms with van der Waals surface area (Å²) in [4.78, 5) is 19.3. The number of hydrogen-bond donors (Lipinski definition) is 5. The third kappa shape index (κ3) is 6.30. The third-order valence-corrected chi connectivity index (χ3v) is 4.15. The molecule has 2 aromatic rings. The van der Waals surface area contributed by atoms with Gasteiger partial charge in [0.05, 0.1) is 28.9 Å². The molecule has 0 aliphatic carbocycles. The summed E-state index contributed by atoms with van der Waals surface area (Å²) in [6.07, 6.45) is 1.81. The second-order valence-electron chi connectivity index (χ2n) is 6.33. The van der Waals surface area contributed by atoms with Crippen LogP contribution in [0.1, 0.15) is 25.0 Å². The molecule has 26 heavy (non-hydrogen) atoms. The van der Waals surface area contributed by atoms with Crippen LogP contribution in [0.5, 0.6) is 0 Å². The van der Waals surface area contributed by atoms with Crippen LogP contribution in [0.25, 0.3) is 11.0 Å². The summed E-state index contributed by atoms with van der Waals surface area (Å²) in [5.41, 5.74) is 7.59. The molecule has 1 heterocycles. The maximum Gasteiger partial charge on any atom is 0.320 e. The molecule has 0 bridgehead atoms. The van der Waals surface area contributed by atoms with Gasteiger partial charge in [-0.2, -0.15) is 0 Å². The lowest BCUT2D eigenvalue weighted by Crippen LogP contribution is -2.38. The molecule has 2 rings (SSSR count). The van der Waals surface area contributed by atoms with Crippen molar-refractivity contribution in [3.63, 3.8) is 0 Å². The number of carboxylic acids is 1. The third-order valence-electron chi connectivity index (χ3n) is 4.15. The molecule has 6 N–H and O–H groups in total. The van der Waals surface area contributed by atoms with E-state index in [1.54, 1.807) is 6.20 Å². The second kappa shape index (κ2) is 10.1. The van der Waals surface area contributed by atoms with Gasteiger partial charge in [-0.25, -0.2) is 4.98 Å². The highest BCUT2D eigenvalue weighted by atomic mass is 16.4. The minimum absolute atomic E-state index is 0.216. The Morgan fingerprint density at radius 3 is 2.62 bits per heavy atom. The molecule has 0 saturated carbocycles. The highest BCUT2D eigenvalue weighted by molar-refractivity contribution is 5.73. The average Bonchev–Trinajstić information content (AvgIpc) is 2.63. The molecule has 1 aromatic heterocycles. The van der Waals surface area contributed by atoms with Crippen LogP contribution >= 0.6 is 0 Å². The SMILES string of the molecule is N[C@@H](CCCCN[13CH2][C@@H](O)[C@@H](O)Cc1cnc2ccccc2n1)C(=O)O. The maximum atomic E-state index is 10.6.